The Morgan fingerprint density at radius 1 is 1.46 bits per heavy atom. The van der Waals surface area contributed by atoms with Crippen molar-refractivity contribution in [3.63, 3.8) is 0 Å². The molecular weight excluding hydrogens is 236 g/mol. The van der Waals surface area contributed by atoms with Crippen LogP contribution in [0.4, 0.5) is 0 Å². The van der Waals surface area contributed by atoms with Crippen molar-refractivity contribution in [3.8, 4) is 0 Å². The Kier molecular flexibility index (Phi) is 3.31. The molecule has 0 unspecified atom stereocenters. The number of nitrogens with zero attached hydrogens (tertiary/aromatic N) is 4. The van der Waals surface area contributed by atoms with Crippen molar-refractivity contribution in [1.82, 2.24) is 0 Å². The summed E-state index contributed by atoms with van der Waals surface area (Å²) in [5, 5.41) is 14.6. The predicted octanol–water partition coefficient (Wildman–Crippen LogP) is 2.90. The van der Waals surface area contributed by atoms with Crippen LogP contribution in [-0.2, 0) is 0 Å². The average Bonchev–Trinajstić information content (AvgIpc) is 2.16. The van der Waals surface area contributed by atoms with Gasteiger partial charge in [-0.1, -0.05) is 39.3 Å². The van der Waals surface area contributed by atoms with Crippen molar-refractivity contribution in [1.29, 1.82) is 0 Å². The number of halogens is 1. The number of benzene rings is 1. The van der Waals surface area contributed by atoms with Crippen molar-refractivity contribution in [2.24, 2.45) is 10.3 Å². The lowest BCUT2D eigenvalue weighted by atomic mass is 10.2. The molecule has 0 fully saturated rings. The zero-order chi connectivity index (χ0) is 9.68. The molecule has 0 bridgehead atoms. The van der Waals surface area contributed by atoms with Gasteiger partial charge in [-0.05, 0) is 16.7 Å². The molecule has 0 aliphatic heterocycles. The van der Waals surface area contributed by atoms with Gasteiger partial charge in [-0.3, -0.25) is 0 Å². The van der Waals surface area contributed by atoms with Crippen LogP contribution in [0.2, 0.25) is 0 Å². The molecule has 0 spiro atoms. The first-order chi connectivity index (χ1) is 6.29. The Balaban J connectivity index is 3.20. The van der Waals surface area contributed by atoms with E-state index in [1.54, 1.807) is 24.3 Å². The maximum absolute atomic E-state index is 8.54. The summed E-state index contributed by atoms with van der Waals surface area (Å²) in [7, 11) is 0. The minimum atomic E-state index is -0.0602. The summed E-state index contributed by atoms with van der Waals surface area (Å²) in [6.45, 7) is 0. The second kappa shape index (κ2) is 4.49. The molecule has 1 rings (SSSR count). The lowest BCUT2D eigenvalue weighted by Crippen LogP contribution is -1.96. The third-order valence-corrected chi connectivity index (χ3v) is 2.04. The van der Waals surface area contributed by atoms with Crippen molar-refractivity contribution < 1.29 is 5.21 Å². The number of rotatable bonds is 1. The fraction of sp³-hybridized carbons (Fsp3) is 0. The van der Waals surface area contributed by atoms with E-state index in [1.807, 2.05) is 0 Å². The minimum Gasteiger partial charge on any atom is -0.410 e. The summed E-state index contributed by atoms with van der Waals surface area (Å²) in [6, 6.07) is 6.98. The van der Waals surface area contributed by atoms with E-state index >= 15 is 0 Å². The second-order valence-corrected chi connectivity index (χ2v) is 2.95. The van der Waals surface area contributed by atoms with E-state index in [1.165, 1.54) is 0 Å². The number of hydrogen-bond donors (Lipinski definition) is 1. The van der Waals surface area contributed by atoms with E-state index in [4.69, 9.17) is 10.7 Å². The smallest absolute Gasteiger partial charge is 0.174 e. The molecule has 6 heteroatoms. The monoisotopic (exact) mass is 240 g/mol. The van der Waals surface area contributed by atoms with Crippen LogP contribution in [0.1, 0.15) is 5.56 Å². The summed E-state index contributed by atoms with van der Waals surface area (Å²) < 4.78 is 0.704. The highest BCUT2D eigenvalue weighted by Crippen LogP contribution is 2.17. The third-order valence-electron chi connectivity index (χ3n) is 1.35. The first-order valence-corrected chi connectivity index (χ1v) is 4.11. The van der Waals surface area contributed by atoms with Crippen molar-refractivity contribution >= 4 is 21.8 Å². The van der Waals surface area contributed by atoms with Gasteiger partial charge in [-0.2, -0.15) is 0 Å². The predicted molar refractivity (Wildman–Crippen MR) is 51.6 cm³/mol. The van der Waals surface area contributed by atoms with Crippen molar-refractivity contribution in [2.45, 2.75) is 0 Å². The molecule has 1 N–H and O–H groups in total. The Morgan fingerprint density at radius 2 is 2.15 bits per heavy atom. The molecule has 0 saturated heterocycles. The molecule has 13 heavy (non-hydrogen) atoms. The van der Waals surface area contributed by atoms with Gasteiger partial charge in [0, 0.05) is 14.9 Å². The fourth-order valence-electron chi connectivity index (χ4n) is 0.813. The summed E-state index contributed by atoms with van der Waals surface area (Å²) in [6.07, 6.45) is 0. The molecule has 0 aromatic heterocycles. The van der Waals surface area contributed by atoms with Gasteiger partial charge >= 0.3 is 0 Å². The van der Waals surface area contributed by atoms with Gasteiger partial charge in [0.2, 0.25) is 0 Å². The van der Waals surface area contributed by atoms with E-state index in [9.17, 15) is 0 Å². The second-order valence-electron chi connectivity index (χ2n) is 2.09. The van der Waals surface area contributed by atoms with E-state index in [-0.39, 0.29) is 5.84 Å². The highest BCUT2D eigenvalue weighted by molar-refractivity contribution is 9.10. The van der Waals surface area contributed by atoms with Gasteiger partial charge in [-0.15, -0.1) is 0 Å². The van der Waals surface area contributed by atoms with Gasteiger partial charge < -0.3 is 5.21 Å². The molecule has 0 saturated carbocycles. The average molecular weight is 241 g/mol. The Labute approximate surface area is 82.4 Å². The van der Waals surface area contributed by atoms with Crippen LogP contribution >= 0.6 is 15.9 Å². The summed E-state index contributed by atoms with van der Waals surface area (Å²) in [5.74, 6) is -0.0602. The van der Waals surface area contributed by atoms with Gasteiger partial charge in [0.15, 0.2) is 5.84 Å². The number of oxime groups is 1. The van der Waals surface area contributed by atoms with Gasteiger partial charge in [-0.25, -0.2) is 0 Å². The van der Waals surface area contributed by atoms with Crippen LogP contribution in [0.3, 0.4) is 0 Å². The van der Waals surface area contributed by atoms with Gasteiger partial charge in [0.25, 0.3) is 0 Å². The van der Waals surface area contributed by atoms with Crippen LogP contribution < -0.4 is 0 Å². The van der Waals surface area contributed by atoms with Crippen LogP contribution in [0.5, 0.6) is 0 Å². The Bertz CT molecular complexity index is 384. The van der Waals surface area contributed by atoms with Crippen LogP contribution in [0.25, 0.3) is 10.4 Å². The minimum absolute atomic E-state index is 0.0602. The Hall–Kier alpha value is -1.52. The normalized spacial score (nSPS) is 10.7. The summed E-state index contributed by atoms with van der Waals surface area (Å²) in [4.78, 5) is 2.54. The van der Waals surface area contributed by atoms with Gasteiger partial charge in [0.1, 0.15) is 0 Å². The molecule has 1 aromatic rings. The van der Waals surface area contributed by atoms with Crippen molar-refractivity contribution in [2.75, 3.05) is 0 Å². The van der Waals surface area contributed by atoms with Crippen molar-refractivity contribution in [3.05, 3.63) is 44.7 Å². The van der Waals surface area contributed by atoms with E-state index < -0.39 is 0 Å². The van der Waals surface area contributed by atoms with E-state index in [2.05, 4.69) is 31.1 Å². The molecule has 0 aliphatic rings. The largest absolute Gasteiger partial charge is 0.410 e. The number of amidine groups is 1. The number of hydrogen-bond acceptors (Lipinski definition) is 2. The maximum Gasteiger partial charge on any atom is 0.174 e. The molecule has 1 aromatic carbocycles. The number of azide groups is 1. The molecule has 5 nitrogen and oxygen atoms in total. The van der Waals surface area contributed by atoms with Crippen LogP contribution in [0, 0.1) is 0 Å². The molecule has 66 valence electrons. The summed E-state index contributed by atoms with van der Waals surface area (Å²) in [5.41, 5.74) is 8.72. The van der Waals surface area contributed by atoms with E-state index in [0.717, 1.165) is 0 Å². The SMILES string of the molecule is [N-]=[N+]=N/C(=N\O)c1ccccc1Br. The van der Waals surface area contributed by atoms with E-state index in [0.29, 0.717) is 10.0 Å². The van der Waals surface area contributed by atoms with Gasteiger partial charge in [0.05, 0.1) is 0 Å². The third kappa shape index (κ3) is 2.21. The lowest BCUT2D eigenvalue weighted by Gasteiger charge is -1.99. The highest BCUT2D eigenvalue weighted by atomic mass is 79.9. The van der Waals surface area contributed by atoms with Crippen LogP contribution in [0.15, 0.2) is 39.0 Å². The maximum atomic E-state index is 8.54. The molecular formula is C7H5BrN4O. The first kappa shape index (κ1) is 9.57. The Morgan fingerprint density at radius 3 is 2.69 bits per heavy atom. The zero-order valence-corrected chi connectivity index (χ0v) is 8.01. The lowest BCUT2D eigenvalue weighted by molar-refractivity contribution is 0.318. The topological polar surface area (TPSA) is 81.4 Å². The highest BCUT2D eigenvalue weighted by Gasteiger charge is 2.04. The standard InChI is InChI=1S/C7H5BrN4O/c8-6-4-2-1-3-5(6)7(11-13)10-12-9/h1-4,13H/b11-7-. The zero-order valence-electron chi connectivity index (χ0n) is 6.42. The fourth-order valence-corrected chi connectivity index (χ4v) is 1.27. The molecule has 0 heterocycles. The molecule has 0 atom stereocenters. The van der Waals surface area contributed by atoms with Crippen LogP contribution in [-0.4, -0.2) is 11.0 Å². The molecule has 0 amide bonds. The summed E-state index contributed by atoms with van der Waals surface area (Å²) >= 11 is 3.23. The molecule has 0 radical (unpaired) electrons. The quantitative estimate of drug-likeness (QED) is 0.153. The first-order valence-electron chi connectivity index (χ1n) is 3.31. The molecule has 0 aliphatic carbocycles.